The van der Waals surface area contributed by atoms with Gasteiger partial charge in [0.05, 0.1) is 17.8 Å². The summed E-state index contributed by atoms with van der Waals surface area (Å²) in [7, 11) is 0. The highest BCUT2D eigenvalue weighted by molar-refractivity contribution is 5.95. The Kier molecular flexibility index (Phi) is 14.2. The number of aromatic hydroxyl groups is 1. The highest BCUT2D eigenvalue weighted by atomic mass is 16.3. The largest absolute Gasteiger partial charge is 0.508 e. The maximum Gasteiger partial charge on any atom is 0.242 e. The third kappa shape index (κ3) is 9.84. The first kappa shape index (κ1) is 41.2. The number of fused-ring (bicyclic) bond motifs is 4. The van der Waals surface area contributed by atoms with Crippen molar-refractivity contribution in [1.82, 2.24) is 20.9 Å². The van der Waals surface area contributed by atoms with Crippen molar-refractivity contribution in [2.45, 2.75) is 128 Å². The van der Waals surface area contributed by atoms with E-state index in [0.717, 1.165) is 95.2 Å². The molecule has 1 aliphatic heterocycles. The molecule has 6 atom stereocenters. The van der Waals surface area contributed by atoms with Gasteiger partial charge in [-0.3, -0.25) is 24.3 Å². The number of nitrogens with two attached hydrogens (primary N) is 1. The Balaban J connectivity index is 1.13. The van der Waals surface area contributed by atoms with Gasteiger partial charge in [-0.25, -0.2) is 0 Å². The molecule has 0 radical (unpaired) electrons. The highest BCUT2D eigenvalue weighted by Gasteiger charge is 2.62. The van der Waals surface area contributed by atoms with Gasteiger partial charge in [-0.15, -0.1) is 0 Å². The predicted molar refractivity (Wildman–Crippen MR) is 216 cm³/mol. The van der Waals surface area contributed by atoms with E-state index in [1.165, 1.54) is 11.1 Å². The highest BCUT2D eigenvalue weighted by Crippen LogP contribution is 2.56. The molecule has 10 nitrogen and oxygen atoms in total. The van der Waals surface area contributed by atoms with Gasteiger partial charge in [0.2, 0.25) is 17.7 Å². The van der Waals surface area contributed by atoms with Crippen molar-refractivity contribution in [1.29, 1.82) is 0 Å². The number of nitrogens with one attached hydrogen (secondary N) is 3. The number of amidine groups is 1. The number of rotatable bonds is 20. The fraction of sp³-hybridized carbons (Fsp3) is 0.636. The lowest BCUT2D eigenvalue weighted by molar-refractivity contribution is -0.130. The molecule has 2 bridgehead atoms. The molecule has 1 heterocycles. The number of hydrogen-bond donors (Lipinski definition) is 5. The summed E-state index contributed by atoms with van der Waals surface area (Å²) in [5.74, 6) is 1.12. The monoisotopic (exact) mass is 743 g/mol. The van der Waals surface area contributed by atoms with E-state index in [1.54, 1.807) is 6.07 Å². The molecular formula is C44H66N6O4. The fourth-order valence-corrected chi connectivity index (χ4v) is 9.10. The second-order valence-electron chi connectivity index (χ2n) is 16.9. The van der Waals surface area contributed by atoms with Gasteiger partial charge >= 0.3 is 0 Å². The Bertz CT molecular complexity index is 1610. The molecular weight excluding hydrogens is 677 g/mol. The summed E-state index contributed by atoms with van der Waals surface area (Å²) in [5.41, 5.74) is 8.81. The van der Waals surface area contributed by atoms with Crippen LogP contribution in [-0.2, 0) is 31.6 Å². The molecule has 1 saturated carbocycles. The van der Waals surface area contributed by atoms with Crippen LogP contribution >= 0.6 is 0 Å². The first-order valence-electron chi connectivity index (χ1n) is 20.6. The van der Waals surface area contributed by atoms with Crippen LogP contribution in [0.3, 0.4) is 0 Å². The summed E-state index contributed by atoms with van der Waals surface area (Å²) in [6, 6.07) is 15.5. The van der Waals surface area contributed by atoms with Crippen LogP contribution in [0.1, 0.15) is 116 Å². The molecule has 0 unspecified atom stereocenters. The first-order valence-corrected chi connectivity index (χ1v) is 20.6. The zero-order valence-electron chi connectivity index (χ0n) is 33.5. The Morgan fingerprint density at radius 3 is 2.54 bits per heavy atom. The van der Waals surface area contributed by atoms with Crippen LogP contribution in [0.2, 0.25) is 0 Å². The number of hydrogen-bond acceptors (Lipinski definition) is 6. The minimum absolute atomic E-state index is 0.00131. The number of phenols is 1. The molecule has 0 aromatic heterocycles. The lowest BCUT2D eigenvalue weighted by Gasteiger charge is -2.55. The van der Waals surface area contributed by atoms with Gasteiger partial charge in [0.15, 0.2) is 0 Å². The summed E-state index contributed by atoms with van der Waals surface area (Å²) in [5, 5.41) is 19.2. The summed E-state index contributed by atoms with van der Waals surface area (Å²) >= 11 is 0. The SMILES string of the molecule is CCCCC(N)=NCCCCCCNC(=O)[C@H](CC(C)C)NC(=O)CNC(=O)[C@]1(c2ccccc2)C[C@@H]1CN1CC[C@@]2(C)c3cc(O)ccc3C[C@@H]1[C@H]2C. The molecule has 296 valence electrons. The van der Waals surface area contributed by atoms with E-state index in [0.29, 0.717) is 30.7 Å². The van der Waals surface area contributed by atoms with Crippen molar-refractivity contribution in [3.05, 3.63) is 65.2 Å². The Morgan fingerprint density at radius 2 is 1.80 bits per heavy atom. The van der Waals surface area contributed by atoms with Crippen LogP contribution in [0.25, 0.3) is 0 Å². The Hall–Kier alpha value is -3.92. The molecule has 5 rings (SSSR count). The van der Waals surface area contributed by atoms with E-state index in [4.69, 9.17) is 5.73 Å². The van der Waals surface area contributed by atoms with Crippen molar-refractivity contribution in [2.24, 2.45) is 28.5 Å². The number of likely N-dealkylation sites (tertiary alicyclic amines) is 1. The van der Waals surface area contributed by atoms with Crippen LogP contribution in [-0.4, -0.2) is 78.4 Å². The lowest BCUT2D eigenvalue weighted by atomic mass is 9.59. The predicted octanol–water partition coefficient (Wildman–Crippen LogP) is 5.75. The summed E-state index contributed by atoms with van der Waals surface area (Å²) in [6.45, 7) is 13.7. The molecule has 3 aliphatic rings. The first-order chi connectivity index (χ1) is 25.9. The maximum atomic E-state index is 14.1. The number of phenolic OH excluding ortho intramolecular Hbond substituents is 1. The molecule has 2 aromatic rings. The van der Waals surface area contributed by atoms with Gasteiger partial charge in [0, 0.05) is 32.1 Å². The quantitative estimate of drug-likeness (QED) is 0.0664. The van der Waals surface area contributed by atoms with Crippen LogP contribution in [0.15, 0.2) is 53.5 Å². The second-order valence-corrected chi connectivity index (χ2v) is 16.9. The van der Waals surface area contributed by atoms with E-state index in [1.807, 2.05) is 50.2 Å². The number of carbonyl (C=O) groups is 3. The number of benzene rings is 2. The number of nitrogens with zero attached hydrogens (tertiary/aromatic N) is 2. The van der Waals surface area contributed by atoms with Gasteiger partial charge in [-0.1, -0.05) is 90.3 Å². The van der Waals surface area contributed by atoms with E-state index in [9.17, 15) is 19.5 Å². The molecule has 1 saturated heterocycles. The van der Waals surface area contributed by atoms with Crippen molar-refractivity contribution < 1.29 is 19.5 Å². The second kappa shape index (κ2) is 18.6. The molecule has 0 spiro atoms. The van der Waals surface area contributed by atoms with E-state index in [-0.39, 0.29) is 41.5 Å². The number of carbonyl (C=O) groups excluding carboxylic acids is 3. The van der Waals surface area contributed by atoms with Crippen LogP contribution in [0, 0.1) is 17.8 Å². The molecule has 3 amide bonds. The average molecular weight is 743 g/mol. The smallest absolute Gasteiger partial charge is 0.242 e. The number of amides is 3. The molecule has 2 fully saturated rings. The van der Waals surface area contributed by atoms with E-state index >= 15 is 0 Å². The zero-order valence-corrected chi connectivity index (χ0v) is 33.5. The van der Waals surface area contributed by atoms with Crippen LogP contribution in [0.5, 0.6) is 5.75 Å². The number of unbranched alkanes of at least 4 members (excludes halogenated alkanes) is 4. The normalized spacial score (nSPS) is 25.4. The van der Waals surface area contributed by atoms with Crippen molar-refractivity contribution in [2.75, 3.05) is 32.7 Å². The third-order valence-electron chi connectivity index (χ3n) is 12.6. The van der Waals surface area contributed by atoms with Crippen LogP contribution in [0.4, 0.5) is 0 Å². The molecule has 54 heavy (non-hydrogen) atoms. The van der Waals surface area contributed by atoms with Crippen LogP contribution < -0.4 is 21.7 Å². The summed E-state index contributed by atoms with van der Waals surface area (Å²) in [6.07, 6.45) is 10.0. The van der Waals surface area contributed by atoms with Crippen molar-refractivity contribution >= 4 is 23.6 Å². The topological polar surface area (TPSA) is 149 Å². The molecule has 2 aromatic carbocycles. The maximum absolute atomic E-state index is 14.1. The van der Waals surface area contributed by atoms with Gasteiger partial charge in [0.1, 0.15) is 11.8 Å². The third-order valence-corrected chi connectivity index (χ3v) is 12.6. The minimum Gasteiger partial charge on any atom is -0.508 e. The fourth-order valence-electron chi connectivity index (χ4n) is 9.10. The minimum atomic E-state index is -0.702. The zero-order chi connectivity index (χ0) is 38.9. The Morgan fingerprint density at radius 1 is 1.04 bits per heavy atom. The van der Waals surface area contributed by atoms with E-state index < -0.39 is 11.5 Å². The average Bonchev–Trinajstić information content (AvgIpc) is 3.88. The van der Waals surface area contributed by atoms with E-state index in [2.05, 4.69) is 52.7 Å². The summed E-state index contributed by atoms with van der Waals surface area (Å²) in [4.78, 5) is 47.6. The number of piperidine rings is 1. The number of aliphatic imine (C=N–C) groups is 1. The van der Waals surface area contributed by atoms with Gasteiger partial charge in [-0.05, 0) is 103 Å². The molecule has 2 aliphatic carbocycles. The Labute approximate surface area is 323 Å². The molecule has 10 heteroatoms. The van der Waals surface area contributed by atoms with Crippen molar-refractivity contribution in [3.8, 4) is 5.75 Å². The van der Waals surface area contributed by atoms with Crippen molar-refractivity contribution in [3.63, 3.8) is 0 Å². The summed E-state index contributed by atoms with van der Waals surface area (Å²) < 4.78 is 0. The van der Waals surface area contributed by atoms with Gasteiger partial charge in [-0.2, -0.15) is 0 Å². The van der Waals surface area contributed by atoms with Gasteiger partial charge in [0.25, 0.3) is 0 Å². The van der Waals surface area contributed by atoms with Gasteiger partial charge < -0.3 is 26.8 Å². The molecule has 6 N–H and O–H groups in total. The lowest BCUT2D eigenvalue weighted by Crippen LogP contribution is -2.58. The standard InChI is InChI=1S/C44H66N6O4/c1-6-7-17-39(45)46-21-13-8-9-14-22-47-41(53)37(24-30(2)3)49-40(52)28-48-42(54)44(33-15-11-10-12-16-33)27-34(44)29-50-23-20-43(5)31(4)38(50)25-32-18-19-35(51)26-36(32)43/h10-12,15-16,18-19,26,30-31,34,37-38,51H,6-9,13-14,17,20-25,27-29H2,1-5H3,(H2,45,46)(H,47,53)(H,48,54)(H,49,52)/t31-,34-,37+,38-,43-,44+/m1/s1.